The van der Waals surface area contributed by atoms with Gasteiger partial charge in [0.25, 0.3) is 0 Å². The van der Waals surface area contributed by atoms with Gasteiger partial charge in [-0.3, -0.25) is 9.59 Å². The van der Waals surface area contributed by atoms with Gasteiger partial charge >= 0.3 is 0 Å². The maximum atomic E-state index is 12.7. The first-order valence-electron chi connectivity index (χ1n) is 9.51. The summed E-state index contributed by atoms with van der Waals surface area (Å²) in [5, 5.41) is 11.4. The van der Waals surface area contributed by atoms with Crippen molar-refractivity contribution >= 4 is 23.2 Å². The van der Waals surface area contributed by atoms with Gasteiger partial charge in [-0.2, -0.15) is 5.26 Å². The van der Waals surface area contributed by atoms with Gasteiger partial charge in [-0.05, 0) is 24.3 Å². The van der Waals surface area contributed by atoms with Crippen LogP contribution in [0.15, 0.2) is 36.4 Å². The Balaban J connectivity index is 1.71. The van der Waals surface area contributed by atoms with Crippen molar-refractivity contribution in [1.82, 2.24) is 0 Å². The molecule has 1 N–H and O–H groups in total. The summed E-state index contributed by atoms with van der Waals surface area (Å²) in [7, 11) is 4.50. The van der Waals surface area contributed by atoms with Crippen LogP contribution in [0.25, 0.3) is 0 Å². The molecular weight excluding hydrogens is 402 g/mol. The van der Waals surface area contributed by atoms with Crippen molar-refractivity contribution in [2.24, 2.45) is 5.92 Å². The number of amides is 2. The fraction of sp³-hybridized carbons (Fsp3) is 0.318. The van der Waals surface area contributed by atoms with E-state index in [4.69, 9.17) is 24.2 Å². The third kappa shape index (κ3) is 4.80. The van der Waals surface area contributed by atoms with Crippen LogP contribution in [0.5, 0.6) is 23.0 Å². The summed E-state index contributed by atoms with van der Waals surface area (Å²) >= 11 is 0. The molecule has 9 nitrogen and oxygen atoms in total. The van der Waals surface area contributed by atoms with Crippen LogP contribution in [0.3, 0.4) is 0 Å². The average molecular weight is 425 g/mol. The average Bonchev–Trinajstić information content (AvgIpc) is 3.19. The molecule has 2 aromatic carbocycles. The summed E-state index contributed by atoms with van der Waals surface area (Å²) in [4.78, 5) is 26.9. The van der Waals surface area contributed by atoms with E-state index in [2.05, 4.69) is 5.32 Å². The largest absolute Gasteiger partial charge is 0.493 e. The van der Waals surface area contributed by atoms with E-state index in [1.165, 1.54) is 26.2 Å². The van der Waals surface area contributed by atoms with E-state index in [9.17, 15) is 9.59 Å². The summed E-state index contributed by atoms with van der Waals surface area (Å²) in [6.45, 7) is 0.180. The molecule has 2 aromatic rings. The Kier molecular flexibility index (Phi) is 6.82. The number of benzene rings is 2. The highest BCUT2D eigenvalue weighted by atomic mass is 16.5. The van der Waals surface area contributed by atoms with E-state index in [-0.39, 0.29) is 31.4 Å². The van der Waals surface area contributed by atoms with Gasteiger partial charge in [0, 0.05) is 30.8 Å². The van der Waals surface area contributed by atoms with Crippen molar-refractivity contribution in [2.45, 2.75) is 6.42 Å². The zero-order chi connectivity index (χ0) is 22.4. The van der Waals surface area contributed by atoms with Crippen molar-refractivity contribution in [2.75, 3.05) is 44.7 Å². The number of ether oxygens (including phenoxy) is 4. The molecule has 1 unspecified atom stereocenters. The third-order valence-electron chi connectivity index (χ3n) is 4.88. The van der Waals surface area contributed by atoms with E-state index >= 15 is 0 Å². The third-order valence-corrected chi connectivity index (χ3v) is 4.88. The molecule has 9 heteroatoms. The van der Waals surface area contributed by atoms with E-state index in [0.717, 1.165) is 0 Å². The molecule has 0 radical (unpaired) electrons. The normalized spacial score (nSPS) is 15.2. The molecule has 1 aliphatic heterocycles. The van der Waals surface area contributed by atoms with E-state index in [0.29, 0.717) is 34.4 Å². The second kappa shape index (κ2) is 9.71. The number of anilines is 2. The Morgan fingerprint density at radius 2 is 1.77 bits per heavy atom. The van der Waals surface area contributed by atoms with E-state index < -0.39 is 5.92 Å². The number of rotatable bonds is 8. The second-order valence-electron chi connectivity index (χ2n) is 6.75. The lowest BCUT2D eigenvalue weighted by Gasteiger charge is -2.20. The van der Waals surface area contributed by atoms with Crippen molar-refractivity contribution in [3.63, 3.8) is 0 Å². The summed E-state index contributed by atoms with van der Waals surface area (Å²) in [5.74, 6) is 0.873. The number of carbonyl (C=O) groups excluding carboxylic acids is 2. The molecule has 2 amide bonds. The monoisotopic (exact) mass is 425 g/mol. The first-order valence-corrected chi connectivity index (χ1v) is 9.51. The van der Waals surface area contributed by atoms with Crippen LogP contribution in [0.2, 0.25) is 0 Å². The molecule has 1 saturated heterocycles. The molecule has 3 rings (SSSR count). The summed E-state index contributed by atoms with van der Waals surface area (Å²) < 4.78 is 21.2. The summed E-state index contributed by atoms with van der Waals surface area (Å²) in [6.07, 6.45) is 0.0891. The van der Waals surface area contributed by atoms with E-state index in [1.54, 1.807) is 36.4 Å². The molecular formula is C22H23N3O6. The molecule has 1 atom stereocenters. The van der Waals surface area contributed by atoms with Gasteiger partial charge in [-0.15, -0.1) is 0 Å². The highest BCUT2D eigenvalue weighted by Gasteiger charge is 2.36. The van der Waals surface area contributed by atoms with Crippen LogP contribution >= 0.6 is 0 Å². The number of hydrogen-bond donors (Lipinski definition) is 1. The molecule has 0 aliphatic carbocycles. The SMILES string of the molecule is COc1cc(N2CC(C(=O)Nc3ccc(OCC#N)cc3)CC2=O)cc(OC)c1OC. The van der Waals surface area contributed by atoms with Crippen LogP contribution in [-0.2, 0) is 9.59 Å². The number of methoxy groups -OCH3 is 3. The molecule has 0 saturated carbocycles. The predicted molar refractivity (Wildman–Crippen MR) is 113 cm³/mol. The molecule has 0 bridgehead atoms. The predicted octanol–water partition coefficient (Wildman–Crippen LogP) is 2.61. The molecule has 162 valence electrons. The molecule has 1 fully saturated rings. The minimum Gasteiger partial charge on any atom is -0.493 e. The van der Waals surface area contributed by atoms with Crippen LogP contribution in [0.4, 0.5) is 11.4 Å². The maximum absolute atomic E-state index is 12.7. The van der Waals surface area contributed by atoms with Gasteiger partial charge in [0.05, 0.1) is 32.9 Å². The number of carbonyl (C=O) groups is 2. The van der Waals surface area contributed by atoms with Crippen LogP contribution in [-0.4, -0.2) is 46.3 Å². The second-order valence-corrected chi connectivity index (χ2v) is 6.75. The highest BCUT2D eigenvalue weighted by molar-refractivity contribution is 6.03. The highest BCUT2D eigenvalue weighted by Crippen LogP contribution is 2.42. The zero-order valence-corrected chi connectivity index (χ0v) is 17.5. The van der Waals surface area contributed by atoms with Gasteiger partial charge in [0.2, 0.25) is 17.6 Å². The lowest BCUT2D eigenvalue weighted by Crippen LogP contribution is -2.28. The molecule has 0 aromatic heterocycles. The topological polar surface area (TPSA) is 110 Å². The summed E-state index contributed by atoms with van der Waals surface area (Å²) in [5.41, 5.74) is 1.14. The Morgan fingerprint density at radius 3 is 2.32 bits per heavy atom. The van der Waals surface area contributed by atoms with Crippen LogP contribution < -0.4 is 29.2 Å². The standard InChI is InChI=1S/C22H23N3O6/c1-28-18-11-16(12-19(29-2)21(18)30-3)25-13-14(10-20(25)26)22(27)24-15-4-6-17(7-5-15)31-9-8-23/h4-7,11-12,14H,9-10,13H2,1-3H3,(H,24,27). The Morgan fingerprint density at radius 1 is 1.13 bits per heavy atom. The number of nitrogens with one attached hydrogen (secondary N) is 1. The van der Waals surface area contributed by atoms with Gasteiger partial charge < -0.3 is 29.2 Å². The molecule has 1 heterocycles. The Bertz CT molecular complexity index is 974. The maximum Gasteiger partial charge on any atom is 0.229 e. The lowest BCUT2D eigenvalue weighted by molar-refractivity contribution is -0.122. The fourth-order valence-corrected chi connectivity index (χ4v) is 3.35. The van der Waals surface area contributed by atoms with Crippen molar-refractivity contribution in [1.29, 1.82) is 5.26 Å². The van der Waals surface area contributed by atoms with Crippen molar-refractivity contribution in [3.05, 3.63) is 36.4 Å². The van der Waals surface area contributed by atoms with Gasteiger partial charge in [-0.1, -0.05) is 0 Å². The zero-order valence-electron chi connectivity index (χ0n) is 17.5. The first kappa shape index (κ1) is 21.8. The first-order chi connectivity index (χ1) is 15.0. The lowest BCUT2D eigenvalue weighted by atomic mass is 10.1. The number of hydrogen-bond acceptors (Lipinski definition) is 7. The minimum absolute atomic E-state index is 0.0490. The van der Waals surface area contributed by atoms with Gasteiger partial charge in [0.15, 0.2) is 18.1 Å². The fourth-order valence-electron chi connectivity index (χ4n) is 3.35. The van der Waals surface area contributed by atoms with E-state index in [1.807, 2.05) is 6.07 Å². The van der Waals surface area contributed by atoms with Crippen LogP contribution in [0.1, 0.15) is 6.42 Å². The Hall–Kier alpha value is -3.93. The number of nitrogens with zero attached hydrogens (tertiary/aromatic N) is 2. The van der Waals surface area contributed by atoms with Crippen LogP contribution in [0, 0.1) is 17.2 Å². The van der Waals surface area contributed by atoms with Crippen molar-refractivity contribution in [3.8, 4) is 29.1 Å². The quantitative estimate of drug-likeness (QED) is 0.692. The summed E-state index contributed by atoms with van der Waals surface area (Å²) in [6, 6.07) is 11.9. The molecule has 0 spiro atoms. The smallest absolute Gasteiger partial charge is 0.229 e. The molecule has 1 aliphatic rings. The number of nitriles is 1. The van der Waals surface area contributed by atoms with Crippen molar-refractivity contribution < 1.29 is 28.5 Å². The molecule has 31 heavy (non-hydrogen) atoms. The minimum atomic E-state index is -0.513. The van der Waals surface area contributed by atoms with Gasteiger partial charge in [-0.25, -0.2) is 0 Å². The Labute approximate surface area is 180 Å². The van der Waals surface area contributed by atoms with Gasteiger partial charge in [0.1, 0.15) is 11.8 Å².